The largest absolute Gasteiger partial charge is 0.384 e. The molecule has 16 heavy (non-hydrogen) atoms. The number of rotatable bonds is 2. The lowest BCUT2D eigenvalue weighted by Gasteiger charge is -2.37. The number of piperidine rings is 1. The van der Waals surface area contributed by atoms with Crippen molar-refractivity contribution < 1.29 is 0 Å². The minimum atomic E-state index is 0.588. The summed E-state index contributed by atoms with van der Waals surface area (Å²) in [4.78, 5) is 8.84. The van der Waals surface area contributed by atoms with Gasteiger partial charge in [-0.25, -0.2) is 4.98 Å². The Morgan fingerprint density at radius 3 is 2.88 bits per heavy atom. The van der Waals surface area contributed by atoms with Gasteiger partial charge < -0.3 is 15.5 Å². The summed E-state index contributed by atoms with van der Waals surface area (Å²) in [5, 5.41) is 0. The van der Waals surface area contributed by atoms with Crippen LogP contribution >= 0.6 is 0 Å². The van der Waals surface area contributed by atoms with Gasteiger partial charge in [0.25, 0.3) is 0 Å². The molecule has 0 unspecified atom stereocenters. The Morgan fingerprint density at radius 2 is 2.25 bits per heavy atom. The summed E-state index contributed by atoms with van der Waals surface area (Å²) in [6.07, 6.45) is 4.40. The van der Waals surface area contributed by atoms with E-state index in [-0.39, 0.29) is 0 Å². The van der Waals surface area contributed by atoms with Gasteiger partial charge in [0.05, 0.1) is 11.9 Å². The van der Waals surface area contributed by atoms with Crippen molar-refractivity contribution in [2.45, 2.75) is 18.9 Å². The first kappa shape index (κ1) is 11.2. The van der Waals surface area contributed by atoms with Crippen molar-refractivity contribution in [3.63, 3.8) is 0 Å². The molecule has 1 saturated heterocycles. The van der Waals surface area contributed by atoms with Gasteiger partial charge in [0.2, 0.25) is 0 Å². The van der Waals surface area contributed by atoms with Gasteiger partial charge in [0.15, 0.2) is 0 Å². The molecule has 0 spiro atoms. The predicted molar refractivity (Wildman–Crippen MR) is 67.6 cm³/mol. The smallest absolute Gasteiger partial charge is 0.123 e. The number of nitrogens with zero attached hydrogens (tertiary/aromatic N) is 3. The Balaban J connectivity index is 2.06. The molecule has 0 amide bonds. The fourth-order valence-corrected chi connectivity index (χ4v) is 2.20. The van der Waals surface area contributed by atoms with Gasteiger partial charge >= 0.3 is 0 Å². The van der Waals surface area contributed by atoms with Gasteiger partial charge in [0, 0.05) is 19.1 Å². The van der Waals surface area contributed by atoms with Crippen LogP contribution in [-0.2, 0) is 0 Å². The second-order valence-corrected chi connectivity index (χ2v) is 4.65. The highest BCUT2D eigenvalue weighted by atomic mass is 15.2. The molecular formula is C12H20N4. The second kappa shape index (κ2) is 4.70. The van der Waals surface area contributed by atoms with Crippen LogP contribution in [0.15, 0.2) is 18.3 Å². The van der Waals surface area contributed by atoms with Crippen molar-refractivity contribution in [1.29, 1.82) is 0 Å². The van der Waals surface area contributed by atoms with Gasteiger partial charge in [0.1, 0.15) is 5.82 Å². The number of likely N-dealkylation sites (N-methyl/N-ethyl adjacent to an activating group) is 1. The molecule has 0 saturated carbocycles. The lowest BCUT2D eigenvalue weighted by atomic mass is 10.0. The van der Waals surface area contributed by atoms with E-state index in [1.54, 1.807) is 0 Å². The number of anilines is 2. The summed E-state index contributed by atoms with van der Waals surface area (Å²) in [6.45, 7) is 2.20. The van der Waals surface area contributed by atoms with Crippen LogP contribution in [-0.4, -0.2) is 43.1 Å². The first-order chi connectivity index (χ1) is 7.66. The average molecular weight is 220 g/mol. The molecule has 1 aromatic rings. The summed E-state index contributed by atoms with van der Waals surface area (Å²) in [5.41, 5.74) is 6.78. The molecular weight excluding hydrogens is 200 g/mol. The van der Waals surface area contributed by atoms with E-state index in [0.717, 1.165) is 13.1 Å². The minimum absolute atomic E-state index is 0.588. The molecule has 2 rings (SSSR count). The molecule has 0 bridgehead atoms. The van der Waals surface area contributed by atoms with E-state index in [1.807, 2.05) is 12.3 Å². The molecule has 4 nitrogen and oxygen atoms in total. The standard InChI is InChI=1S/C12H20N4/c1-15(2)11-4-3-7-16(9-11)10-5-6-12(13)14-8-10/h5-6,8,11H,3-4,7,9H2,1-2H3,(H2,13,14)/t11-/m0/s1. The van der Waals surface area contributed by atoms with Crippen LogP contribution < -0.4 is 10.6 Å². The highest BCUT2D eigenvalue weighted by molar-refractivity contribution is 5.48. The molecule has 1 aliphatic heterocycles. The Labute approximate surface area is 97.1 Å². The van der Waals surface area contributed by atoms with Gasteiger partial charge in [-0.3, -0.25) is 0 Å². The quantitative estimate of drug-likeness (QED) is 0.813. The van der Waals surface area contributed by atoms with E-state index >= 15 is 0 Å². The maximum Gasteiger partial charge on any atom is 0.123 e. The second-order valence-electron chi connectivity index (χ2n) is 4.65. The summed E-state index contributed by atoms with van der Waals surface area (Å²) in [5.74, 6) is 0.588. The summed E-state index contributed by atoms with van der Waals surface area (Å²) in [7, 11) is 4.30. The fourth-order valence-electron chi connectivity index (χ4n) is 2.20. The van der Waals surface area contributed by atoms with Crippen molar-refractivity contribution in [1.82, 2.24) is 9.88 Å². The van der Waals surface area contributed by atoms with Gasteiger partial charge in [-0.1, -0.05) is 0 Å². The van der Waals surface area contributed by atoms with Crippen LogP contribution in [0.5, 0.6) is 0 Å². The number of hydrogen-bond donors (Lipinski definition) is 1. The van der Waals surface area contributed by atoms with Crippen LogP contribution in [0.2, 0.25) is 0 Å². The Morgan fingerprint density at radius 1 is 1.44 bits per heavy atom. The third-order valence-electron chi connectivity index (χ3n) is 3.26. The van der Waals surface area contributed by atoms with Crippen LogP contribution in [0.4, 0.5) is 11.5 Å². The molecule has 2 heterocycles. The summed E-state index contributed by atoms with van der Waals surface area (Å²) < 4.78 is 0. The molecule has 1 fully saturated rings. The summed E-state index contributed by atoms with van der Waals surface area (Å²) in [6, 6.07) is 4.57. The van der Waals surface area contributed by atoms with E-state index in [2.05, 4.69) is 34.9 Å². The first-order valence-electron chi connectivity index (χ1n) is 5.80. The molecule has 88 valence electrons. The van der Waals surface area contributed by atoms with E-state index in [4.69, 9.17) is 5.73 Å². The van der Waals surface area contributed by atoms with E-state index in [0.29, 0.717) is 11.9 Å². The van der Waals surface area contributed by atoms with Gasteiger partial charge in [-0.15, -0.1) is 0 Å². The minimum Gasteiger partial charge on any atom is -0.384 e. The molecule has 0 aromatic carbocycles. The highest BCUT2D eigenvalue weighted by Gasteiger charge is 2.21. The van der Waals surface area contributed by atoms with Crippen LogP contribution in [0.3, 0.4) is 0 Å². The van der Waals surface area contributed by atoms with E-state index < -0.39 is 0 Å². The summed E-state index contributed by atoms with van der Waals surface area (Å²) >= 11 is 0. The molecule has 1 aromatic heterocycles. The Bertz CT molecular complexity index is 333. The first-order valence-corrected chi connectivity index (χ1v) is 5.80. The third kappa shape index (κ3) is 2.44. The van der Waals surface area contributed by atoms with Crippen molar-refractivity contribution in [2.75, 3.05) is 37.8 Å². The molecule has 1 aliphatic rings. The predicted octanol–water partition coefficient (Wildman–Crippen LogP) is 1.19. The van der Waals surface area contributed by atoms with Crippen molar-refractivity contribution in [3.05, 3.63) is 18.3 Å². The highest BCUT2D eigenvalue weighted by Crippen LogP contribution is 2.21. The fraction of sp³-hybridized carbons (Fsp3) is 0.583. The number of pyridine rings is 1. The number of nitrogen functional groups attached to an aromatic ring is 1. The van der Waals surface area contributed by atoms with Crippen molar-refractivity contribution in [2.24, 2.45) is 0 Å². The van der Waals surface area contributed by atoms with Crippen LogP contribution in [0.25, 0.3) is 0 Å². The zero-order valence-electron chi connectivity index (χ0n) is 10.1. The zero-order chi connectivity index (χ0) is 11.5. The maximum absolute atomic E-state index is 5.59. The number of hydrogen-bond acceptors (Lipinski definition) is 4. The Kier molecular flexibility index (Phi) is 3.29. The molecule has 1 atom stereocenters. The normalized spacial score (nSPS) is 21.4. The number of nitrogens with two attached hydrogens (primary N) is 1. The lowest BCUT2D eigenvalue weighted by Crippen LogP contribution is -2.45. The van der Waals surface area contributed by atoms with Crippen molar-refractivity contribution in [3.8, 4) is 0 Å². The van der Waals surface area contributed by atoms with Crippen LogP contribution in [0, 0.1) is 0 Å². The topological polar surface area (TPSA) is 45.4 Å². The molecule has 0 radical (unpaired) electrons. The molecule has 4 heteroatoms. The SMILES string of the molecule is CN(C)[C@H]1CCCN(c2ccc(N)nc2)C1. The van der Waals surface area contributed by atoms with E-state index in [9.17, 15) is 0 Å². The lowest BCUT2D eigenvalue weighted by molar-refractivity contribution is 0.258. The number of aromatic nitrogens is 1. The van der Waals surface area contributed by atoms with Crippen molar-refractivity contribution >= 4 is 11.5 Å². The third-order valence-corrected chi connectivity index (χ3v) is 3.26. The van der Waals surface area contributed by atoms with Crippen LogP contribution in [0.1, 0.15) is 12.8 Å². The van der Waals surface area contributed by atoms with Gasteiger partial charge in [-0.2, -0.15) is 0 Å². The zero-order valence-corrected chi connectivity index (χ0v) is 10.1. The Hall–Kier alpha value is -1.29. The monoisotopic (exact) mass is 220 g/mol. The average Bonchev–Trinajstić information content (AvgIpc) is 2.30. The van der Waals surface area contributed by atoms with E-state index in [1.165, 1.54) is 18.5 Å². The van der Waals surface area contributed by atoms with Gasteiger partial charge in [-0.05, 0) is 39.1 Å². The maximum atomic E-state index is 5.59. The molecule has 0 aliphatic carbocycles. The molecule has 2 N–H and O–H groups in total.